The third-order valence-electron chi connectivity index (χ3n) is 3.58. The number of pyridine rings is 1. The second-order valence-electron chi connectivity index (χ2n) is 4.79. The first-order valence-corrected chi connectivity index (χ1v) is 7.95. The van der Waals surface area contributed by atoms with Crippen molar-refractivity contribution in [3.8, 4) is 0 Å². The zero-order chi connectivity index (χ0) is 14.2. The number of nitrogens with zero attached hydrogens (tertiary/aromatic N) is 5. The quantitative estimate of drug-likeness (QED) is 0.629. The maximum atomic E-state index is 4.66. The van der Waals surface area contributed by atoms with Gasteiger partial charge in [0.1, 0.15) is 11.7 Å². The van der Waals surface area contributed by atoms with Gasteiger partial charge in [0.15, 0.2) is 5.16 Å². The van der Waals surface area contributed by atoms with Gasteiger partial charge in [0.25, 0.3) is 0 Å². The van der Waals surface area contributed by atoms with Gasteiger partial charge < -0.3 is 4.90 Å². The second kappa shape index (κ2) is 4.96. The van der Waals surface area contributed by atoms with Crippen LogP contribution in [0.25, 0.3) is 11.6 Å². The number of rotatable bonds is 2. The Hall–Kier alpha value is -2.21. The molecule has 2 aliphatic heterocycles. The summed E-state index contributed by atoms with van der Waals surface area (Å²) < 4.78 is 0. The van der Waals surface area contributed by atoms with E-state index in [1.54, 1.807) is 24.2 Å². The molecule has 2 aromatic heterocycles. The van der Waals surface area contributed by atoms with Gasteiger partial charge in [-0.05, 0) is 30.0 Å². The van der Waals surface area contributed by atoms with Crippen LogP contribution in [-0.4, -0.2) is 40.1 Å². The van der Waals surface area contributed by atoms with Crippen LogP contribution in [0.1, 0.15) is 11.1 Å². The van der Waals surface area contributed by atoms with E-state index in [0.29, 0.717) is 0 Å². The van der Waals surface area contributed by atoms with Gasteiger partial charge in [0, 0.05) is 36.3 Å². The molecule has 2 aromatic rings. The fourth-order valence-electron chi connectivity index (χ4n) is 2.63. The van der Waals surface area contributed by atoms with Gasteiger partial charge in [0.05, 0.1) is 6.54 Å². The van der Waals surface area contributed by atoms with Crippen LogP contribution in [0.15, 0.2) is 40.9 Å². The lowest BCUT2D eigenvalue weighted by molar-refractivity contribution is 0.918. The maximum Gasteiger partial charge on any atom is 0.189 e. The van der Waals surface area contributed by atoms with Crippen molar-refractivity contribution in [2.75, 3.05) is 24.2 Å². The monoisotopic (exact) mass is 295 g/mol. The molecule has 21 heavy (non-hydrogen) atoms. The van der Waals surface area contributed by atoms with Crippen LogP contribution in [0.3, 0.4) is 0 Å². The first-order valence-electron chi connectivity index (χ1n) is 6.72. The number of hydrogen-bond donors (Lipinski definition) is 0. The van der Waals surface area contributed by atoms with Crippen molar-refractivity contribution in [2.24, 2.45) is 4.99 Å². The van der Waals surface area contributed by atoms with Gasteiger partial charge >= 0.3 is 0 Å². The summed E-state index contributed by atoms with van der Waals surface area (Å²) in [6.07, 6.45) is 9.61. The molecule has 0 spiro atoms. The Morgan fingerprint density at radius 2 is 2.10 bits per heavy atom. The standard InChI is InChI=1S/C15H13N5S/c1-21-15-18-9-11-8-12(10-2-4-16-5-3-10)14-17-6-7-20(14)13(11)19-15/h2-5,8-9H,6-7H2,1H3. The minimum atomic E-state index is 0.792. The molecule has 4 rings (SSSR count). The van der Waals surface area contributed by atoms with Crippen LogP contribution in [0, 0.1) is 0 Å². The van der Waals surface area contributed by atoms with Crippen LogP contribution in [0.5, 0.6) is 0 Å². The van der Waals surface area contributed by atoms with Crippen molar-refractivity contribution in [2.45, 2.75) is 5.16 Å². The van der Waals surface area contributed by atoms with E-state index in [2.05, 4.69) is 30.9 Å². The Labute approximate surface area is 126 Å². The van der Waals surface area contributed by atoms with Gasteiger partial charge in [-0.15, -0.1) is 0 Å². The van der Waals surface area contributed by atoms with Crippen LogP contribution >= 0.6 is 11.8 Å². The molecule has 0 saturated carbocycles. The first-order chi connectivity index (χ1) is 10.4. The van der Waals surface area contributed by atoms with Crippen molar-refractivity contribution in [1.29, 1.82) is 0 Å². The Balaban J connectivity index is 1.90. The molecule has 5 nitrogen and oxygen atoms in total. The molecule has 0 unspecified atom stereocenters. The molecule has 0 saturated heterocycles. The summed E-state index contributed by atoms with van der Waals surface area (Å²) in [5.41, 5.74) is 3.28. The minimum Gasteiger partial charge on any atom is -0.308 e. The Morgan fingerprint density at radius 3 is 2.90 bits per heavy atom. The summed E-state index contributed by atoms with van der Waals surface area (Å²) in [6.45, 7) is 1.67. The molecule has 0 radical (unpaired) electrons. The van der Waals surface area contributed by atoms with E-state index in [0.717, 1.165) is 46.6 Å². The predicted octanol–water partition coefficient (Wildman–Crippen LogP) is 2.37. The molecule has 0 amide bonds. The van der Waals surface area contributed by atoms with E-state index in [1.165, 1.54) is 0 Å². The minimum absolute atomic E-state index is 0.792. The van der Waals surface area contributed by atoms with E-state index < -0.39 is 0 Å². The largest absolute Gasteiger partial charge is 0.308 e. The van der Waals surface area contributed by atoms with Crippen molar-refractivity contribution in [3.63, 3.8) is 0 Å². The molecule has 2 aliphatic rings. The smallest absolute Gasteiger partial charge is 0.189 e. The average molecular weight is 295 g/mol. The molecule has 0 N–H and O–H groups in total. The first kappa shape index (κ1) is 12.5. The number of aromatic nitrogens is 3. The second-order valence-corrected chi connectivity index (χ2v) is 5.56. The van der Waals surface area contributed by atoms with Gasteiger partial charge in [-0.25, -0.2) is 9.97 Å². The lowest BCUT2D eigenvalue weighted by Gasteiger charge is -2.27. The zero-order valence-corrected chi connectivity index (χ0v) is 12.3. The highest BCUT2D eigenvalue weighted by Gasteiger charge is 2.30. The van der Waals surface area contributed by atoms with Gasteiger partial charge in [-0.2, -0.15) is 0 Å². The Bertz CT molecular complexity index is 754. The molecule has 0 atom stereocenters. The molecule has 0 fully saturated rings. The molecule has 4 heterocycles. The number of fused-ring (bicyclic) bond motifs is 3. The van der Waals surface area contributed by atoms with Gasteiger partial charge in [-0.1, -0.05) is 11.8 Å². The fourth-order valence-corrected chi connectivity index (χ4v) is 2.97. The van der Waals surface area contributed by atoms with Crippen molar-refractivity contribution in [3.05, 3.63) is 41.9 Å². The number of hydrogen-bond acceptors (Lipinski definition) is 6. The molecule has 104 valence electrons. The predicted molar refractivity (Wildman–Crippen MR) is 85.6 cm³/mol. The van der Waals surface area contributed by atoms with Crippen molar-refractivity contribution in [1.82, 2.24) is 15.0 Å². The van der Waals surface area contributed by atoms with Gasteiger partial charge in [-0.3, -0.25) is 9.98 Å². The lowest BCUT2D eigenvalue weighted by Crippen LogP contribution is -2.32. The number of amidine groups is 1. The van der Waals surface area contributed by atoms with E-state index in [9.17, 15) is 0 Å². The molecule has 0 aromatic carbocycles. The fraction of sp³-hybridized carbons (Fsp3) is 0.200. The summed E-state index contributed by atoms with van der Waals surface area (Å²) in [6, 6.07) is 4.01. The SMILES string of the molecule is CSc1ncc2c(n1)N1CCN=C1C(c1ccncc1)=C2. The maximum absolute atomic E-state index is 4.66. The molecule has 0 bridgehead atoms. The van der Waals surface area contributed by atoms with E-state index in [4.69, 9.17) is 0 Å². The normalized spacial score (nSPS) is 16.1. The average Bonchev–Trinajstić information content (AvgIpc) is 3.04. The molecule has 0 aliphatic carbocycles. The van der Waals surface area contributed by atoms with E-state index in [-0.39, 0.29) is 0 Å². The number of anilines is 1. The zero-order valence-electron chi connectivity index (χ0n) is 11.5. The third kappa shape index (κ3) is 2.03. The third-order valence-corrected chi connectivity index (χ3v) is 4.15. The highest BCUT2D eigenvalue weighted by atomic mass is 32.2. The lowest BCUT2D eigenvalue weighted by atomic mass is 10.00. The molecular formula is C15H13N5S. The Kier molecular flexibility index (Phi) is 2.96. The van der Waals surface area contributed by atoms with Crippen molar-refractivity contribution >= 4 is 35.1 Å². The van der Waals surface area contributed by atoms with Crippen LogP contribution < -0.4 is 4.90 Å². The number of thioether (sulfide) groups is 1. The summed E-state index contributed by atoms with van der Waals surface area (Å²) in [4.78, 5) is 20.0. The summed E-state index contributed by atoms with van der Waals surface area (Å²) >= 11 is 1.56. The van der Waals surface area contributed by atoms with Gasteiger partial charge in [0.2, 0.25) is 0 Å². The number of aliphatic imine (C=N–C) groups is 1. The van der Waals surface area contributed by atoms with E-state index >= 15 is 0 Å². The van der Waals surface area contributed by atoms with Crippen LogP contribution in [-0.2, 0) is 0 Å². The van der Waals surface area contributed by atoms with Crippen LogP contribution in [0.2, 0.25) is 0 Å². The topological polar surface area (TPSA) is 54.3 Å². The highest BCUT2D eigenvalue weighted by Crippen LogP contribution is 2.35. The van der Waals surface area contributed by atoms with E-state index in [1.807, 2.05) is 24.6 Å². The summed E-state index contributed by atoms with van der Waals surface area (Å²) in [7, 11) is 0. The summed E-state index contributed by atoms with van der Waals surface area (Å²) in [5.74, 6) is 1.96. The molecular weight excluding hydrogens is 282 g/mol. The molecule has 6 heteroatoms. The van der Waals surface area contributed by atoms with Crippen LogP contribution in [0.4, 0.5) is 5.82 Å². The highest BCUT2D eigenvalue weighted by molar-refractivity contribution is 7.98. The Morgan fingerprint density at radius 1 is 1.24 bits per heavy atom. The van der Waals surface area contributed by atoms with Crippen molar-refractivity contribution < 1.29 is 0 Å². The summed E-state index contributed by atoms with van der Waals surface area (Å²) in [5, 5.41) is 0.792.